The van der Waals surface area contributed by atoms with Crippen LogP contribution in [0.15, 0.2) is 24.3 Å². The Morgan fingerprint density at radius 2 is 1.60 bits per heavy atom. The van der Waals surface area contributed by atoms with Gasteiger partial charge in [-0.2, -0.15) is 0 Å². The highest BCUT2D eigenvalue weighted by Crippen LogP contribution is 2.13. The number of carbonyl (C=O) groups excluding carboxylic acids is 2. The van der Waals surface area contributed by atoms with Crippen LogP contribution in [0.25, 0.3) is 0 Å². The standard InChI is InChI=1S/C19H29N3O3/c1-4-20(5-2)19(24)22-12-6-11-21(13-14-22)18(23)15-16-7-9-17(25-3)10-8-16/h7-10H,4-6,11-15H2,1-3H3. The van der Waals surface area contributed by atoms with Crippen LogP contribution in [-0.4, -0.2) is 73.0 Å². The van der Waals surface area contributed by atoms with Gasteiger partial charge in [0, 0.05) is 39.3 Å². The van der Waals surface area contributed by atoms with Crippen LogP contribution >= 0.6 is 0 Å². The molecule has 0 N–H and O–H groups in total. The number of hydrogen-bond acceptors (Lipinski definition) is 3. The molecule has 0 atom stereocenters. The zero-order valence-electron chi connectivity index (χ0n) is 15.5. The second-order valence-electron chi connectivity index (χ2n) is 6.20. The summed E-state index contributed by atoms with van der Waals surface area (Å²) in [5, 5.41) is 0. The maximum atomic E-state index is 12.6. The fourth-order valence-electron chi connectivity index (χ4n) is 3.08. The minimum absolute atomic E-state index is 0.0782. The maximum Gasteiger partial charge on any atom is 0.320 e. The Labute approximate surface area is 150 Å². The summed E-state index contributed by atoms with van der Waals surface area (Å²) in [6.07, 6.45) is 1.20. The number of nitrogens with zero attached hydrogens (tertiary/aromatic N) is 3. The molecule has 6 heteroatoms. The lowest BCUT2D eigenvalue weighted by Crippen LogP contribution is -2.45. The Hall–Kier alpha value is -2.24. The molecule has 1 aromatic carbocycles. The van der Waals surface area contributed by atoms with Crippen molar-refractivity contribution in [3.05, 3.63) is 29.8 Å². The van der Waals surface area contributed by atoms with E-state index in [9.17, 15) is 9.59 Å². The van der Waals surface area contributed by atoms with E-state index >= 15 is 0 Å². The summed E-state index contributed by atoms with van der Waals surface area (Å²) >= 11 is 0. The van der Waals surface area contributed by atoms with Crippen molar-refractivity contribution < 1.29 is 14.3 Å². The lowest BCUT2D eigenvalue weighted by Gasteiger charge is -2.28. The quantitative estimate of drug-likeness (QED) is 0.821. The van der Waals surface area contributed by atoms with Crippen molar-refractivity contribution in [1.29, 1.82) is 0 Å². The average Bonchev–Trinajstić information content (AvgIpc) is 2.89. The molecule has 6 nitrogen and oxygen atoms in total. The van der Waals surface area contributed by atoms with Crippen molar-refractivity contribution in [2.75, 3.05) is 46.4 Å². The first kappa shape index (κ1) is 19.1. The molecule has 138 valence electrons. The highest BCUT2D eigenvalue weighted by Gasteiger charge is 2.24. The van der Waals surface area contributed by atoms with E-state index in [2.05, 4.69) is 0 Å². The Bertz CT molecular complexity index is 570. The van der Waals surface area contributed by atoms with Crippen LogP contribution in [0.5, 0.6) is 5.75 Å². The van der Waals surface area contributed by atoms with E-state index in [1.165, 1.54) is 0 Å². The monoisotopic (exact) mass is 347 g/mol. The van der Waals surface area contributed by atoms with Crippen molar-refractivity contribution in [1.82, 2.24) is 14.7 Å². The van der Waals surface area contributed by atoms with Gasteiger partial charge in [-0.05, 0) is 38.0 Å². The highest BCUT2D eigenvalue weighted by atomic mass is 16.5. The van der Waals surface area contributed by atoms with Gasteiger partial charge in [-0.3, -0.25) is 4.79 Å². The first-order chi connectivity index (χ1) is 12.1. The van der Waals surface area contributed by atoms with Gasteiger partial charge in [0.2, 0.25) is 5.91 Å². The van der Waals surface area contributed by atoms with E-state index < -0.39 is 0 Å². The summed E-state index contributed by atoms with van der Waals surface area (Å²) in [6.45, 7) is 8.02. The summed E-state index contributed by atoms with van der Waals surface area (Å²) < 4.78 is 5.14. The van der Waals surface area contributed by atoms with E-state index in [-0.39, 0.29) is 11.9 Å². The number of rotatable bonds is 5. The Morgan fingerprint density at radius 1 is 1.00 bits per heavy atom. The summed E-state index contributed by atoms with van der Waals surface area (Å²) in [5.74, 6) is 0.902. The van der Waals surface area contributed by atoms with Crippen LogP contribution in [0.3, 0.4) is 0 Å². The molecular weight excluding hydrogens is 318 g/mol. The number of carbonyl (C=O) groups is 2. The predicted molar refractivity (Wildman–Crippen MR) is 97.8 cm³/mol. The van der Waals surface area contributed by atoms with Crippen molar-refractivity contribution in [2.45, 2.75) is 26.7 Å². The van der Waals surface area contributed by atoms with E-state index in [1.807, 2.05) is 52.8 Å². The van der Waals surface area contributed by atoms with Crippen molar-refractivity contribution in [3.63, 3.8) is 0 Å². The zero-order valence-corrected chi connectivity index (χ0v) is 15.5. The lowest BCUT2D eigenvalue weighted by atomic mass is 10.1. The third kappa shape index (κ3) is 5.11. The fourth-order valence-corrected chi connectivity index (χ4v) is 3.08. The molecule has 0 bridgehead atoms. The molecule has 3 amide bonds. The number of methoxy groups -OCH3 is 1. The topological polar surface area (TPSA) is 53.1 Å². The molecule has 0 aromatic heterocycles. The molecule has 1 fully saturated rings. The normalized spacial score (nSPS) is 14.8. The molecule has 0 radical (unpaired) electrons. The molecular formula is C19H29N3O3. The molecule has 0 unspecified atom stereocenters. The van der Waals surface area contributed by atoms with Crippen molar-refractivity contribution in [3.8, 4) is 5.75 Å². The molecule has 1 aromatic rings. The fraction of sp³-hybridized carbons (Fsp3) is 0.579. The van der Waals surface area contributed by atoms with Crippen LogP contribution < -0.4 is 4.74 Å². The smallest absolute Gasteiger partial charge is 0.320 e. The number of benzene rings is 1. The Morgan fingerprint density at radius 3 is 2.20 bits per heavy atom. The summed E-state index contributed by atoms with van der Waals surface area (Å²) in [5.41, 5.74) is 0.978. The Balaban J connectivity index is 1.90. The van der Waals surface area contributed by atoms with Crippen LogP contribution in [0.2, 0.25) is 0 Å². The van der Waals surface area contributed by atoms with Crippen LogP contribution in [0, 0.1) is 0 Å². The first-order valence-electron chi connectivity index (χ1n) is 9.03. The van der Waals surface area contributed by atoms with Crippen molar-refractivity contribution in [2.24, 2.45) is 0 Å². The summed E-state index contributed by atoms with van der Waals surface area (Å²) in [4.78, 5) is 30.6. The highest BCUT2D eigenvalue weighted by molar-refractivity contribution is 5.79. The van der Waals surface area contributed by atoms with Gasteiger partial charge in [-0.1, -0.05) is 12.1 Å². The van der Waals surface area contributed by atoms with Crippen LogP contribution in [0.4, 0.5) is 4.79 Å². The van der Waals surface area contributed by atoms with Gasteiger partial charge in [0.15, 0.2) is 0 Å². The van der Waals surface area contributed by atoms with Gasteiger partial charge in [0.05, 0.1) is 13.5 Å². The van der Waals surface area contributed by atoms with E-state index in [0.29, 0.717) is 45.7 Å². The zero-order chi connectivity index (χ0) is 18.2. The van der Waals surface area contributed by atoms with Gasteiger partial charge >= 0.3 is 6.03 Å². The Kier molecular flexibility index (Phi) is 7.10. The molecule has 2 rings (SSSR count). The molecule has 1 aliphatic rings. The van der Waals surface area contributed by atoms with Crippen molar-refractivity contribution >= 4 is 11.9 Å². The van der Waals surface area contributed by atoms with E-state index in [1.54, 1.807) is 7.11 Å². The van der Waals surface area contributed by atoms with Gasteiger partial charge < -0.3 is 19.4 Å². The van der Waals surface area contributed by atoms with Crippen LogP contribution in [0.1, 0.15) is 25.8 Å². The summed E-state index contributed by atoms with van der Waals surface area (Å²) in [6, 6.07) is 7.66. The summed E-state index contributed by atoms with van der Waals surface area (Å²) in [7, 11) is 1.63. The number of ether oxygens (including phenoxy) is 1. The second-order valence-corrected chi connectivity index (χ2v) is 6.20. The van der Waals surface area contributed by atoms with Crippen LogP contribution in [-0.2, 0) is 11.2 Å². The third-order valence-electron chi connectivity index (χ3n) is 4.67. The number of urea groups is 1. The maximum absolute atomic E-state index is 12.6. The minimum Gasteiger partial charge on any atom is -0.497 e. The number of amides is 3. The van der Waals surface area contributed by atoms with Gasteiger partial charge in [-0.15, -0.1) is 0 Å². The molecule has 1 saturated heterocycles. The van der Waals surface area contributed by atoms with Gasteiger partial charge in [-0.25, -0.2) is 4.79 Å². The minimum atomic E-state index is 0.0782. The van der Waals surface area contributed by atoms with Gasteiger partial charge in [0.1, 0.15) is 5.75 Å². The largest absolute Gasteiger partial charge is 0.497 e. The number of hydrogen-bond donors (Lipinski definition) is 0. The average molecular weight is 347 g/mol. The lowest BCUT2D eigenvalue weighted by molar-refractivity contribution is -0.130. The molecule has 1 aliphatic heterocycles. The molecule has 0 aliphatic carbocycles. The second kappa shape index (κ2) is 9.30. The SMILES string of the molecule is CCN(CC)C(=O)N1CCCN(C(=O)Cc2ccc(OC)cc2)CC1. The molecule has 25 heavy (non-hydrogen) atoms. The van der Waals surface area contributed by atoms with E-state index in [0.717, 1.165) is 17.7 Å². The molecule has 0 spiro atoms. The predicted octanol–water partition coefficient (Wildman–Crippen LogP) is 2.23. The molecule has 1 heterocycles. The third-order valence-corrected chi connectivity index (χ3v) is 4.67. The molecule has 0 saturated carbocycles. The first-order valence-corrected chi connectivity index (χ1v) is 9.03. The van der Waals surface area contributed by atoms with Gasteiger partial charge in [0.25, 0.3) is 0 Å². The van der Waals surface area contributed by atoms with E-state index in [4.69, 9.17) is 4.74 Å².